The summed E-state index contributed by atoms with van der Waals surface area (Å²) in [5.74, 6) is 1.21. The highest BCUT2D eigenvalue weighted by atomic mass is 16.5. The molecule has 3 atom stereocenters. The largest absolute Gasteiger partial charge is 0.462 e. The molecular weight excluding hydrogens is 224 g/mol. The first-order valence-electron chi connectivity index (χ1n) is 7.48. The Hall–Kier alpha value is -0.530. The Morgan fingerprint density at radius 3 is 2.39 bits per heavy atom. The SMILES string of the molecule is CCC(C)(C)C1CCC(OC(=O)C(C)C)C(C)C1. The van der Waals surface area contributed by atoms with Gasteiger partial charge >= 0.3 is 5.97 Å². The van der Waals surface area contributed by atoms with E-state index >= 15 is 0 Å². The lowest BCUT2D eigenvalue weighted by molar-refractivity contribution is -0.158. The Morgan fingerprint density at radius 1 is 1.33 bits per heavy atom. The molecule has 0 aromatic heterocycles. The second-order valence-corrected chi connectivity index (χ2v) is 6.96. The van der Waals surface area contributed by atoms with Crippen molar-refractivity contribution in [2.75, 3.05) is 0 Å². The van der Waals surface area contributed by atoms with Crippen LogP contribution in [0.5, 0.6) is 0 Å². The average Bonchev–Trinajstić information content (AvgIpc) is 2.31. The van der Waals surface area contributed by atoms with Crippen molar-refractivity contribution in [2.45, 2.75) is 73.3 Å². The van der Waals surface area contributed by atoms with Gasteiger partial charge in [-0.15, -0.1) is 0 Å². The maximum absolute atomic E-state index is 11.7. The van der Waals surface area contributed by atoms with Crippen molar-refractivity contribution in [3.8, 4) is 0 Å². The van der Waals surface area contributed by atoms with Crippen LogP contribution in [0.15, 0.2) is 0 Å². The first-order valence-corrected chi connectivity index (χ1v) is 7.48. The first kappa shape index (κ1) is 15.5. The molecule has 1 fully saturated rings. The summed E-state index contributed by atoms with van der Waals surface area (Å²) < 4.78 is 5.62. The molecule has 1 aliphatic carbocycles. The van der Waals surface area contributed by atoms with Gasteiger partial charge in [0.1, 0.15) is 6.10 Å². The monoisotopic (exact) mass is 254 g/mol. The maximum atomic E-state index is 11.7. The van der Waals surface area contributed by atoms with Crippen LogP contribution in [-0.2, 0) is 9.53 Å². The second-order valence-electron chi connectivity index (χ2n) is 6.96. The van der Waals surface area contributed by atoms with Crippen LogP contribution in [-0.4, -0.2) is 12.1 Å². The standard InChI is InChI=1S/C16H30O2/c1-7-16(5,6)13-8-9-14(12(4)10-13)18-15(17)11(2)3/h11-14H,7-10H2,1-6H3. The summed E-state index contributed by atoms with van der Waals surface area (Å²) in [6.07, 6.45) is 4.79. The molecule has 0 aromatic carbocycles. The third kappa shape index (κ3) is 3.73. The molecule has 0 amide bonds. The Morgan fingerprint density at radius 2 is 1.94 bits per heavy atom. The van der Waals surface area contributed by atoms with Crippen molar-refractivity contribution in [3.05, 3.63) is 0 Å². The highest BCUT2D eigenvalue weighted by Gasteiger charge is 2.36. The molecule has 0 radical (unpaired) electrons. The zero-order chi connectivity index (χ0) is 13.9. The molecule has 1 aliphatic rings. The van der Waals surface area contributed by atoms with Crippen LogP contribution in [0.4, 0.5) is 0 Å². The summed E-state index contributed by atoms with van der Waals surface area (Å²) in [7, 11) is 0. The zero-order valence-electron chi connectivity index (χ0n) is 13.0. The van der Waals surface area contributed by atoms with Crippen LogP contribution in [0.1, 0.15) is 67.2 Å². The minimum Gasteiger partial charge on any atom is -0.462 e. The summed E-state index contributed by atoms with van der Waals surface area (Å²) in [4.78, 5) is 11.7. The molecule has 2 heteroatoms. The van der Waals surface area contributed by atoms with Crippen molar-refractivity contribution in [1.29, 1.82) is 0 Å². The molecule has 0 aliphatic heterocycles. The van der Waals surface area contributed by atoms with Gasteiger partial charge in [-0.3, -0.25) is 4.79 Å². The van der Waals surface area contributed by atoms with E-state index in [4.69, 9.17) is 4.74 Å². The predicted octanol–water partition coefficient (Wildman–Crippen LogP) is 4.43. The Labute approximate surface area is 112 Å². The van der Waals surface area contributed by atoms with E-state index < -0.39 is 0 Å². The highest BCUT2D eigenvalue weighted by molar-refractivity contribution is 5.71. The van der Waals surface area contributed by atoms with Gasteiger partial charge in [-0.05, 0) is 36.5 Å². The van der Waals surface area contributed by atoms with E-state index in [-0.39, 0.29) is 18.0 Å². The van der Waals surface area contributed by atoms with Gasteiger partial charge in [0.25, 0.3) is 0 Å². The second kappa shape index (κ2) is 6.08. The van der Waals surface area contributed by atoms with E-state index in [9.17, 15) is 4.79 Å². The molecular formula is C16H30O2. The third-order valence-corrected chi connectivity index (χ3v) is 4.85. The van der Waals surface area contributed by atoms with Crippen LogP contribution in [0.2, 0.25) is 0 Å². The Kier molecular flexibility index (Phi) is 5.24. The summed E-state index contributed by atoms with van der Waals surface area (Å²) in [6.45, 7) is 13.0. The minimum atomic E-state index is -0.0416. The lowest BCUT2D eigenvalue weighted by Gasteiger charge is -2.41. The van der Waals surface area contributed by atoms with E-state index in [0.29, 0.717) is 11.3 Å². The lowest BCUT2D eigenvalue weighted by Crippen LogP contribution is -2.37. The summed E-state index contributed by atoms with van der Waals surface area (Å²) in [6, 6.07) is 0. The number of hydrogen-bond acceptors (Lipinski definition) is 2. The molecule has 0 bridgehead atoms. The molecule has 18 heavy (non-hydrogen) atoms. The molecule has 1 saturated carbocycles. The van der Waals surface area contributed by atoms with Crippen molar-refractivity contribution >= 4 is 5.97 Å². The molecule has 0 N–H and O–H groups in total. The normalized spacial score (nSPS) is 29.4. The fourth-order valence-electron chi connectivity index (χ4n) is 2.83. The number of rotatable bonds is 4. The molecule has 0 heterocycles. The molecule has 2 nitrogen and oxygen atoms in total. The van der Waals surface area contributed by atoms with E-state index in [1.807, 2.05) is 13.8 Å². The molecule has 106 valence electrons. The minimum absolute atomic E-state index is 0.0120. The van der Waals surface area contributed by atoms with Crippen molar-refractivity contribution in [1.82, 2.24) is 0 Å². The van der Waals surface area contributed by atoms with Crippen molar-refractivity contribution < 1.29 is 9.53 Å². The number of hydrogen-bond donors (Lipinski definition) is 0. The summed E-state index contributed by atoms with van der Waals surface area (Å²) in [5.41, 5.74) is 0.418. The highest BCUT2D eigenvalue weighted by Crippen LogP contribution is 2.43. The Balaban J connectivity index is 2.54. The molecule has 0 saturated heterocycles. The van der Waals surface area contributed by atoms with Crippen LogP contribution in [0.3, 0.4) is 0 Å². The van der Waals surface area contributed by atoms with Crippen LogP contribution in [0, 0.1) is 23.2 Å². The fourth-order valence-corrected chi connectivity index (χ4v) is 2.83. The van der Waals surface area contributed by atoms with Gasteiger partial charge in [0, 0.05) is 0 Å². The van der Waals surface area contributed by atoms with Gasteiger partial charge in [0.15, 0.2) is 0 Å². The molecule has 3 unspecified atom stereocenters. The Bertz CT molecular complexity index is 281. The quantitative estimate of drug-likeness (QED) is 0.694. The smallest absolute Gasteiger partial charge is 0.308 e. The topological polar surface area (TPSA) is 26.3 Å². The average molecular weight is 254 g/mol. The number of esters is 1. The van der Waals surface area contributed by atoms with Gasteiger partial charge in [0.2, 0.25) is 0 Å². The fraction of sp³-hybridized carbons (Fsp3) is 0.938. The van der Waals surface area contributed by atoms with Gasteiger partial charge in [0.05, 0.1) is 5.92 Å². The molecule has 1 rings (SSSR count). The van der Waals surface area contributed by atoms with Gasteiger partial charge in [-0.25, -0.2) is 0 Å². The van der Waals surface area contributed by atoms with Crippen molar-refractivity contribution in [2.24, 2.45) is 23.2 Å². The van der Waals surface area contributed by atoms with Crippen LogP contribution >= 0.6 is 0 Å². The van der Waals surface area contributed by atoms with E-state index in [0.717, 1.165) is 12.3 Å². The third-order valence-electron chi connectivity index (χ3n) is 4.85. The number of ether oxygens (including phenoxy) is 1. The van der Waals surface area contributed by atoms with Crippen molar-refractivity contribution in [3.63, 3.8) is 0 Å². The predicted molar refractivity (Wildman–Crippen MR) is 75.3 cm³/mol. The summed E-state index contributed by atoms with van der Waals surface area (Å²) >= 11 is 0. The van der Waals surface area contributed by atoms with Crippen LogP contribution in [0.25, 0.3) is 0 Å². The zero-order valence-corrected chi connectivity index (χ0v) is 13.0. The van der Waals surface area contributed by atoms with Gasteiger partial charge in [-0.2, -0.15) is 0 Å². The first-order chi connectivity index (χ1) is 8.27. The summed E-state index contributed by atoms with van der Waals surface area (Å²) in [5, 5.41) is 0. The number of carbonyl (C=O) groups excluding carboxylic acids is 1. The van der Waals surface area contributed by atoms with E-state index in [2.05, 4.69) is 27.7 Å². The lowest BCUT2D eigenvalue weighted by atomic mass is 9.66. The van der Waals surface area contributed by atoms with Crippen LogP contribution < -0.4 is 0 Å². The van der Waals surface area contributed by atoms with Gasteiger partial charge < -0.3 is 4.74 Å². The van der Waals surface area contributed by atoms with E-state index in [1.54, 1.807) is 0 Å². The maximum Gasteiger partial charge on any atom is 0.308 e. The van der Waals surface area contributed by atoms with Gasteiger partial charge in [-0.1, -0.05) is 48.0 Å². The molecule has 0 spiro atoms. The number of carbonyl (C=O) groups is 1. The van der Waals surface area contributed by atoms with E-state index in [1.165, 1.54) is 19.3 Å². The molecule has 0 aromatic rings.